The van der Waals surface area contributed by atoms with Crippen molar-refractivity contribution in [2.75, 3.05) is 37.7 Å². The standard InChI is InChI=1S/C24H32F3N3O2/c25-24(26,27)17-7-8-21-16(12-17)13-20(23(31)28-14-19-6-3-11-32-19)22-15-29(9-10-30(21)22)18-4-1-2-5-18/h7-8,12,18-20,22H,1-6,9-11,13-15H2,(H,28,31)/t19-,20-,22+/m0/s1. The molecule has 1 aromatic carbocycles. The highest BCUT2D eigenvalue weighted by Crippen LogP contribution is 2.40. The number of hydrogen-bond donors (Lipinski definition) is 1. The first-order valence-corrected chi connectivity index (χ1v) is 12.0. The van der Waals surface area contributed by atoms with Crippen LogP contribution in [0.4, 0.5) is 18.9 Å². The van der Waals surface area contributed by atoms with Crippen LogP contribution in [0, 0.1) is 5.92 Å². The van der Waals surface area contributed by atoms with Gasteiger partial charge in [-0.2, -0.15) is 13.2 Å². The lowest BCUT2D eigenvalue weighted by molar-refractivity contribution is -0.137. The van der Waals surface area contributed by atoms with E-state index in [4.69, 9.17) is 4.74 Å². The quantitative estimate of drug-likeness (QED) is 0.760. The van der Waals surface area contributed by atoms with Crippen LogP contribution in [0.3, 0.4) is 0 Å². The maximum absolute atomic E-state index is 13.4. The lowest BCUT2D eigenvalue weighted by atomic mass is 9.82. The zero-order valence-electron chi connectivity index (χ0n) is 18.4. The van der Waals surface area contributed by atoms with E-state index >= 15 is 0 Å². The maximum atomic E-state index is 13.4. The number of rotatable bonds is 4. The second-order valence-electron chi connectivity index (χ2n) is 9.73. The van der Waals surface area contributed by atoms with Crippen LogP contribution in [-0.2, 0) is 22.1 Å². The van der Waals surface area contributed by atoms with Gasteiger partial charge in [-0.05, 0) is 55.9 Å². The van der Waals surface area contributed by atoms with Crippen molar-refractivity contribution >= 4 is 11.6 Å². The number of carbonyl (C=O) groups is 1. The van der Waals surface area contributed by atoms with Crippen LogP contribution in [0.1, 0.15) is 49.7 Å². The summed E-state index contributed by atoms with van der Waals surface area (Å²) in [5.41, 5.74) is 0.845. The van der Waals surface area contributed by atoms with Crippen LogP contribution in [0.15, 0.2) is 18.2 Å². The highest BCUT2D eigenvalue weighted by molar-refractivity contribution is 5.82. The Bertz CT molecular complexity index is 834. The van der Waals surface area contributed by atoms with Crippen molar-refractivity contribution in [3.8, 4) is 0 Å². The number of nitrogens with zero attached hydrogens (tertiary/aromatic N) is 2. The van der Waals surface area contributed by atoms with Crippen molar-refractivity contribution in [2.24, 2.45) is 5.92 Å². The fourth-order valence-corrected chi connectivity index (χ4v) is 6.07. The fourth-order valence-electron chi connectivity index (χ4n) is 6.07. The number of halogens is 3. The zero-order valence-corrected chi connectivity index (χ0v) is 18.4. The normalized spacial score (nSPS) is 29.1. The van der Waals surface area contributed by atoms with Crippen molar-refractivity contribution in [3.05, 3.63) is 29.3 Å². The Morgan fingerprint density at radius 1 is 1.12 bits per heavy atom. The molecule has 32 heavy (non-hydrogen) atoms. The second-order valence-corrected chi connectivity index (χ2v) is 9.73. The molecule has 3 aliphatic heterocycles. The van der Waals surface area contributed by atoms with Gasteiger partial charge in [0, 0.05) is 44.5 Å². The summed E-state index contributed by atoms with van der Waals surface area (Å²) < 4.78 is 45.7. The summed E-state index contributed by atoms with van der Waals surface area (Å²) in [6.07, 6.45) is 2.86. The first kappa shape index (κ1) is 22.0. The number of piperazine rings is 1. The van der Waals surface area contributed by atoms with Crippen molar-refractivity contribution in [3.63, 3.8) is 0 Å². The monoisotopic (exact) mass is 451 g/mol. The molecule has 1 aliphatic carbocycles. The summed E-state index contributed by atoms with van der Waals surface area (Å²) in [7, 11) is 0. The number of amides is 1. The molecule has 0 bridgehead atoms. The molecule has 1 aromatic rings. The molecule has 3 heterocycles. The van der Waals surface area contributed by atoms with E-state index in [1.165, 1.54) is 37.8 Å². The molecule has 3 fully saturated rings. The Morgan fingerprint density at radius 2 is 1.94 bits per heavy atom. The highest BCUT2D eigenvalue weighted by atomic mass is 19.4. The van der Waals surface area contributed by atoms with Crippen LogP contribution >= 0.6 is 0 Å². The third kappa shape index (κ3) is 4.36. The van der Waals surface area contributed by atoms with Crippen molar-refractivity contribution in [1.29, 1.82) is 0 Å². The Balaban J connectivity index is 1.39. The summed E-state index contributed by atoms with van der Waals surface area (Å²) in [4.78, 5) is 18.0. The number of anilines is 1. The van der Waals surface area contributed by atoms with E-state index in [0.29, 0.717) is 24.6 Å². The van der Waals surface area contributed by atoms with Crippen LogP contribution in [-0.4, -0.2) is 61.8 Å². The number of fused-ring (bicyclic) bond motifs is 3. The number of benzene rings is 1. The maximum Gasteiger partial charge on any atom is 0.416 e. The van der Waals surface area contributed by atoms with E-state index in [1.807, 2.05) is 0 Å². The minimum absolute atomic E-state index is 0.0157. The predicted octanol–water partition coefficient (Wildman–Crippen LogP) is 3.61. The molecule has 0 spiro atoms. The van der Waals surface area contributed by atoms with E-state index in [2.05, 4.69) is 15.1 Å². The van der Waals surface area contributed by atoms with Gasteiger partial charge in [0.05, 0.1) is 23.6 Å². The third-order valence-electron chi connectivity index (χ3n) is 7.78. The molecule has 1 N–H and O–H groups in total. The summed E-state index contributed by atoms with van der Waals surface area (Å²) in [6, 6.07) is 4.59. The van der Waals surface area contributed by atoms with Gasteiger partial charge in [0.15, 0.2) is 0 Å². The van der Waals surface area contributed by atoms with Gasteiger partial charge in [-0.1, -0.05) is 12.8 Å². The van der Waals surface area contributed by atoms with Gasteiger partial charge in [0.1, 0.15) is 0 Å². The first-order chi connectivity index (χ1) is 15.4. The smallest absolute Gasteiger partial charge is 0.376 e. The van der Waals surface area contributed by atoms with E-state index in [9.17, 15) is 18.0 Å². The van der Waals surface area contributed by atoms with E-state index in [1.54, 1.807) is 6.07 Å². The summed E-state index contributed by atoms with van der Waals surface area (Å²) >= 11 is 0. The minimum atomic E-state index is -4.38. The molecule has 8 heteroatoms. The van der Waals surface area contributed by atoms with Crippen LogP contribution < -0.4 is 10.2 Å². The SMILES string of the molecule is O=C(NC[C@@H]1CCCO1)[C@H]1Cc2cc(C(F)(F)F)ccc2N2CCN(C3CCCC3)C[C@H]12. The summed E-state index contributed by atoms with van der Waals surface area (Å²) in [5, 5.41) is 3.06. The molecule has 0 radical (unpaired) electrons. The zero-order chi connectivity index (χ0) is 22.3. The minimum Gasteiger partial charge on any atom is -0.376 e. The molecule has 4 aliphatic rings. The van der Waals surface area contributed by atoms with Crippen molar-refractivity contribution in [2.45, 2.75) is 69.3 Å². The van der Waals surface area contributed by atoms with Crippen molar-refractivity contribution in [1.82, 2.24) is 10.2 Å². The molecule has 3 atom stereocenters. The summed E-state index contributed by atoms with van der Waals surface area (Å²) in [5.74, 6) is -0.427. The topological polar surface area (TPSA) is 44.8 Å². The Labute approximate surface area is 187 Å². The van der Waals surface area contributed by atoms with Gasteiger partial charge in [-0.25, -0.2) is 0 Å². The molecular formula is C24H32F3N3O2. The van der Waals surface area contributed by atoms with Gasteiger partial charge in [0.2, 0.25) is 5.91 Å². The number of hydrogen-bond acceptors (Lipinski definition) is 4. The largest absolute Gasteiger partial charge is 0.416 e. The van der Waals surface area contributed by atoms with Crippen LogP contribution in [0.5, 0.6) is 0 Å². The molecule has 2 saturated heterocycles. The summed E-state index contributed by atoms with van der Waals surface area (Å²) in [6.45, 7) is 3.64. The highest BCUT2D eigenvalue weighted by Gasteiger charge is 2.44. The molecule has 1 saturated carbocycles. The number of alkyl halides is 3. The molecule has 5 nitrogen and oxygen atoms in total. The number of carbonyl (C=O) groups excluding carboxylic acids is 1. The number of ether oxygens (including phenoxy) is 1. The first-order valence-electron chi connectivity index (χ1n) is 12.0. The Hall–Kier alpha value is -1.80. The molecule has 5 rings (SSSR count). The van der Waals surface area contributed by atoms with Gasteiger partial charge in [0.25, 0.3) is 0 Å². The molecule has 1 amide bonds. The fraction of sp³-hybridized carbons (Fsp3) is 0.708. The van der Waals surface area contributed by atoms with Crippen LogP contribution in [0.2, 0.25) is 0 Å². The predicted molar refractivity (Wildman–Crippen MR) is 116 cm³/mol. The van der Waals surface area contributed by atoms with Gasteiger partial charge >= 0.3 is 6.18 Å². The number of nitrogens with one attached hydrogen (secondary N) is 1. The Kier molecular flexibility index (Phi) is 6.09. The van der Waals surface area contributed by atoms with E-state index in [0.717, 1.165) is 44.8 Å². The lowest BCUT2D eigenvalue weighted by Gasteiger charge is -2.50. The van der Waals surface area contributed by atoms with Crippen molar-refractivity contribution < 1.29 is 22.7 Å². The Morgan fingerprint density at radius 3 is 2.66 bits per heavy atom. The van der Waals surface area contributed by atoms with Gasteiger partial charge in [-0.15, -0.1) is 0 Å². The average molecular weight is 452 g/mol. The van der Waals surface area contributed by atoms with Crippen LogP contribution in [0.25, 0.3) is 0 Å². The third-order valence-corrected chi connectivity index (χ3v) is 7.78. The molecule has 0 unspecified atom stereocenters. The van der Waals surface area contributed by atoms with Gasteiger partial charge in [-0.3, -0.25) is 9.69 Å². The molecule has 0 aromatic heterocycles. The second kappa shape index (κ2) is 8.86. The van der Waals surface area contributed by atoms with E-state index < -0.39 is 11.7 Å². The molecular weight excluding hydrogens is 419 g/mol. The molecule has 176 valence electrons. The average Bonchev–Trinajstić information content (AvgIpc) is 3.50. The lowest BCUT2D eigenvalue weighted by Crippen LogP contribution is -2.62. The van der Waals surface area contributed by atoms with E-state index in [-0.39, 0.29) is 24.0 Å². The van der Waals surface area contributed by atoms with Gasteiger partial charge < -0.3 is 15.0 Å².